The van der Waals surface area contributed by atoms with Crippen molar-refractivity contribution >= 4 is 16.7 Å². The molecule has 0 radical (unpaired) electrons. The molecule has 2 aromatic rings. The van der Waals surface area contributed by atoms with Gasteiger partial charge in [-0.25, -0.2) is 4.98 Å². The van der Waals surface area contributed by atoms with Gasteiger partial charge in [0.2, 0.25) is 0 Å². The van der Waals surface area contributed by atoms with Gasteiger partial charge >= 0.3 is 0 Å². The van der Waals surface area contributed by atoms with E-state index < -0.39 is 0 Å². The normalized spacial score (nSPS) is 17.1. The summed E-state index contributed by atoms with van der Waals surface area (Å²) in [6, 6.07) is 6.28. The number of rotatable bonds is 2. The van der Waals surface area contributed by atoms with Crippen LogP contribution in [0.25, 0.3) is 11.0 Å². The van der Waals surface area contributed by atoms with Crippen molar-refractivity contribution in [3.8, 4) is 0 Å². The van der Waals surface area contributed by atoms with E-state index in [1.54, 1.807) is 0 Å². The van der Waals surface area contributed by atoms with E-state index in [-0.39, 0.29) is 0 Å². The van der Waals surface area contributed by atoms with E-state index >= 15 is 0 Å². The Balaban J connectivity index is 2.01. The molecule has 1 aliphatic rings. The third-order valence-corrected chi connectivity index (χ3v) is 3.53. The van der Waals surface area contributed by atoms with Crippen molar-refractivity contribution in [2.24, 2.45) is 0 Å². The fourth-order valence-corrected chi connectivity index (χ4v) is 2.58. The van der Waals surface area contributed by atoms with E-state index in [0.29, 0.717) is 5.92 Å². The zero-order chi connectivity index (χ0) is 11.0. The highest BCUT2D eigenvalue weighted by Crippen LogP contribution is 2.33. The van der Waals surface area contributed by atoms with Crippen LogP contribution in [0.15, 0.2) is 18.2 Å². The van der Waals surface area contributed by atoms with Gasteiger partial charge in [0.05, 0.1) is 11.0 Å². The topological polar surface area (TPSA) is 40.7 Å². The molecule has 1 saturated carbocycles. The maximum atomic E-state index is 4.69. The molecule has 3 rings (SSSR count). The molecule has 0 unspecified atom stereocenters. The number of hydrogen-bond donors (Lipinski definition) is 2. The smallest absolute Gasteiger partial charge is 0.110 e. The average molecular weight is 215 g/mol. The molecule has 0 atom stereocenters. The predicted molar refractivity (Wildman–Crippen MR) is 66.8 cm³/mol. The second-order valence-electron chi connectivity index (χ2n) is 4.59. The molecule has 0 saturated heterocycles. The van der Waals surface area contributed by atoms with Crippen LogP contribution in [0.1, 0.15) is 37.4 Å². The second kappa shape index (κ2) is 3.81. The van der Waals surface area contributed by atoms with Crippen LogP contribution in [0.4, 0.5) is 5.69 Å². The van der Waals surface area contributed by atoms with Gasteiger partial charge in [0.1, 0.15) is 5.82 Å². The maximum absolute atomic E-state index is 4.69. The third kappa shape index (κ3) is 1.56. The lowest BCUT2D eigenvalue weighted by atomic mass is 10.1. The van der Waals surface area contributed by atoms with E-state index in [0.717, 1.165) is 16.7 Å². The summed E-state index contributed by atoms with van der Waals surface area (Å²) in [6.07, 6.45) is 5.28. The molecule has 84 valence electrons. The van der Waals surface area contributed by atoms with Crippen molar-refractivity contribution in [2.45, 2.75) is 31.6 Å². The number of nitrogens with one attached hydrogen (secondary N) is 2. The molecule has 1 heterocycles. The van der Waals surface area contributed by atoms with Crippen molar-refractivity contribution in [3.63, 3.8) is 0 Å². The Morgan fingerprint density at radius 2 is 2.12 bits per heavy atom. The first-order valence-corrected chi connectivity index (χ1v) is 6.04. The van der Waals surface area contributed by atoms with Gasteiger partial charge in [0.15, 0.2) is 0 Å². The molecule has 0 aliphatic heterocycles. The number of aromatic nitrogens is 2. The van der Waals surface area contributed by atoms with Gasteiger partial charge in [-0.2, -0.15) is 0 Å². The quantitative estimate of drug-likeness (QED) is 0.807. The van der Waals surface area contributed by atoms with Gasteiger partial charge in [-0.15, -0.1) is 0 Å². The Hall–Kier alpha value is -1.51. The van der Waals surface area contributed by atoms with Crippen LogP contribution >= 0.6 is 0 Å². The first-order chi connectivity index (χ1) is 7.86. The first kappa shape index (κ1) is 9.70. The number of benzene rings is 1. The molecule has 1 aromatic heterocycles. The summed E-state index contributed by atoms with van der Waals surface area (Å²) in [4.78, 5) is 8.15. The Bertz CT molecular complexity index is 495. The fourth-order valence-electron chi connectivity index (χ4n) is 2.58. The van der Waals surface area contributed by atoms with Crippen LogP contribution in [0.2, 0.25) is 0 Å². The number of imidazole rings is 1. The highest BCUT2D eigenvalue weighted by Gasteiger charge is 2.20. The molecule has 1 fully saturated rings. The molecule has 1 aliphatic carbocycles. The van der Waals surface area contributed by atoms with Crippen molar-refractivity contribution in [1.29, 1.82) is 0 Å². The highest BCUT2D eigenvalue weighted by atomic mass is 14.9. The molecular weight excluding hydrogens is 198 g/mol. The molecule has 1 aromatic carbocycles. The molecule has 3 nitrogen and oxygen atoms in total. The maximum Gasteiger partial charge on any atom is 0.110 e. The third-order valence-electron chi connectivity index (χ3n) is 3.53. The summed E-state index contributed by atoms with van der Waals surface area (Å²) in [5, 5.41) is 3.15. The molecule has 0 bridgehead atoms. The highest BCUT2D eigenvalue weighted by molar-refractivity contribution is 5.79. The van der Waals surface area contributed by atoms with Gasteiger partial charge in [0.25, 0.3) is 0 Å². The lowest BCUT2D eigenvalue weighted by Crippen LogP contribution is -1.93. The fraction of sp³-hybridized carbons (Fsp3) is 0.462. The molecule has 2 N–H and O–H groups in total. The molecule has 0 amide bonds. The van der Waals surface area contributed by atoms with Crippen LogP contribution in [0.5, 0.6) is 0 Å². The summed E-state index contributed by atoms with van der Waals surface area (Å²) >= 11 is 0. The summed E-state index contributed by atoms with van der Waals surface area (Å²) < 4.78 is 0. The number of nitrogens with zero attached hydrogens (tertiary/aromatic N) is 1. The van der Waals surface area contributed by atoms with E-state index in [1.807, 2.05) is 7.05 Å². The van der Waals surface area contributed by atoms with E-state index in [2.05, 4.69) is 33.5 Å². The first-order valence-electron chi connectivity index (χ1n) is 6.04. The van der Waals surface area contributed by atoms with Crippen molar-refractivity contribution in [2.75, 3.05) is 12.4 Å². The summed E-state index contributed by atoms with van der Waals surface area (Å²) in [5.74, 6) is 1.84. The average Bonchev–Trinajstić information content (AvgIpc) is 2.96. The SMILES string of the molecule is CNc1ccc2nc(C3CCCC3)[nH]c2c1. The number of fused-ring (bicyclic) bond motifs is 1. The molecular formula is C13H17N3. The Kier molecular flexibility index (Phi) is 2.31. The van der Waals surface area contributed by atoms with Crippen molar-refractivity contribution < 1.29 is 0 Å². The Morgan fingerprint density at radius 1 is 1.31 bits per heavy atom. The number of aromatic amines is 1. The lowest BCUT2D eigenvalue weighted by molar-refractivity contribution is 0.681. The minimum Gasteiger partial charge on any atom is -0.388 e. The molecule has 3 heteroatoms. The van der Waals surface area contributed by atoms with Gasteiger partial charge in [0, 0.05) is 18.7 Å². The molecule has 0 spiro atoms. The zero-order valence-electron chi connectivity index (χ0n) is 9.59. The monoisotopic (exact) mass is 215 g/mol. The van der Waals surface area contributed by atoms with E-state index in [1.165, 1.54) is 31.5 Å². The summed E-state index contributed by atoms with van der Waals surface area (Å²) in [5.41, 5.74) is 3.36. The van der Waals surface area contributed by atoms with Gasteiger partial charge in [-0.1, -0.05) is 12.8 Å². The van der Waals surface area contributed by atoms with Crippen LogP contribution in [-0.4, -0.2) is 17.0 Å². The number of anilines is 1. The largest absolute Gasteiger partial charge is 0.388 e. The standard InChI is InChI=1S/C13H17N3/c1-14-10-6-7-11-12(8-10)16-13(15-11)9-4-2-3-5-9/h6-9,14H,2-5H2,1H3,(H,15,16). The van der Waals surface area contributed by atoms with Crippen molar-refractivity contribution in [1.82, 2.24) is 9.97 Å². The lowest BCUT2D eigenvalue weighted by Gasteiger charge is -2.02. The van der Waals surface area contributed by atoms with Crippen LogP contribution < -0.4 is 5.32 Å². The van der Waals surface area contributed by atoms with E-state index in [9.17, 15) is 0 Å². The predicted octanol–water partition coefficient (Wildman–Crippen LogP) is 3.26. The van der Waals surface area contributed by atoms with Crippen LogP contribution in [0, 0.1) is 0 Å². The minimum absolute atomic E-state index is 0.658. The van der Waals surface area contributed by atoms with Gasteiger partial charge < -0.3 is 10.3 Å². The van der Waals surface area contributed by atoms with Gasteiger partial charge in [-0.05, 0) is 31.0 Å². The molecule has 16 heavy (non-hydrogen) atoms. The van der Waals surface area contributed by atoms with Gasteiger partial charge in [-0.3, -0.25) is 0 Å². The number of H-pyrrole nitrogens is 1. The summed E-state index contributed by atoms with van der Waals surface area (Å²) in [6.45, 7) is 0. The second-order valence-corrected chi connectivity index (χ2v) is 4.59. The van der Waals surface area contributed by atoms with Crippen LogP contribution in [0.3, 0.4) is 0 Å². The minimum atomic E-state index is 0.658. The Labute approximate surface area is 95.3 Å². The Morgan fingerprint density at radius 3 is 2.88 bits per heavy atom. The summed E-state index contributed by atoms with van der Waals surface area (Å²) in [7, 11) is 1.94. The zero-order valence-corrected chi connectivity index (χ0v) is 9.59. The van der Waals surface area contributed by atoms with Crippen molar-refractivity contribution in [3.05, 3.63) is 24.0 Å². The number of hydrogen-bond acceptors (Lipinski definition) is 2. The van der Waals surface area contributed by atoms with E-state index in [4.69, 9.17) is 0 Å². The van der Waals surface area contributed by atoms with Crippen LogP contribution in [-0.2, 0) is 0 Å².